The minimum absolute atomic E-state index is 0.488. The van der Waals surface area contributed by atoms with Crippen molar-refractivity contribution in [1.29, 1.82) is 0 Å². The monoisotopic (exact) mass is 247 g/mol. The molecule has 1 unspecified atom stereocenters. The van der Waals surface area contributed by atoms with E-state index in [2.05, 4.69) is 11.9 Å². The molecular weight excluding hydrogens is 222 g/mol. The summed E-state index contributed by atoms with van der Waals surface area (Å²) in [6.07, 6.45) is 9.36. The summed E-state index contributed by atoms with van der Waals surface area (Å²) in [5, 5.41) is 0. The van der Waals surface area contributed by atoms with Crippen molar-refractivity contribution >= 4 is 11.6 Å². The van der Waals surface area contributed by atoms with Gasteiger partial charge in [-0.1, -0.05) is 12.8 Å². The van der Waals surface area contributed by atoms with Gasteiger partial charge in [0.05, 0.1) is 6.10 Å². The standard InChI is InChI=1S/C13H26ClNO/c1-15(10-6-3-2-5-9-14)12-13-8-4-7-11-16-13/h13H,2-12H2,1H3. The van der Waals surface area contributed by atoms with Crippen LogP contribution in [0.1, 0.15) is 44.9 Å². The van der Waals surface area contributed by atoms with Crippen LogP contribution in [0.5, 0.6) is 0 Å². The van der Waals surface area contributed by atoms with E-state index in [4.69, 9.17) is 16.3 Å². The number of rotatable bonds is 8. The van der Waals surface area contributed by atoms with Crippen LogP contribution >= 0.6 is 11.6 Å². The molecule has 1 aliphatic rings. The van der Waals surface area contributed by atoms with Gasteiger partial charge >= 0.3 is 0 Å². The topological polar surface area (TPSA) is 12.5 Å². The van der Waals surface area contributed by atoms with E-state index in [9.17, 15) is 0 Å². The second-order valence-electron chi connectivity index (χ2n) is 4.85. The van der Waals surface area contributed by atoms with Crippen molar-refractivity contribution in [2.24, 2.45) is 0 Å². The molecule has 0 aliphatic carbocycles. The van der Waals surface area contributed by atoms with Crippen LogP contribution in [-0.2, 0) is 4.74 Å². The average molecular weight is 248 g/mol. The molecule has 3 heteroatoms. The van der Waals surface area contributed by atoms with Crippen molar-refractivity contribution in [3.8, 4) is 0 Å². The first-order chi connectivity index (χ1) is 7.83. The highest BCUT2D eigenvalue weighted by Crippen LogP contribution is 2.13. The van der Waals surface area contributed by atoms with E-state index in [1.165, 1.54) is 45.1 Å². The zero-order chi connectivity index (χ0) is 11.6. The number of unbranched alkanes of at least 4 members (excludes halogenated alkanes) is 3. The SMILES string of the molecule is CN(CCCCCCCl)CC1CCCCO1. The Kier molecular flexibility index (Phi) is 8.26. The maximum Gasteiger partial charge on any atom is 0.0701 e. The van der Waals surface area contributed by atoms with Crippen molar-refractivity contribution < 1.29 is 4.74 Å². The maximum absolute atomic E-state index is 5.73. The van der Waals surface area contributed by atoms with Crippen LogP contribution in [0, 0.1) is 0 Å². The van der Waals surface area contributed by atoms with Gasteiger partial charge in [-0.3, -0.25) is 0 Å². The van der Waals surface area contributed by atoms with E-state index in [0.29, 0.717) is 6.10 Å². The fourth-order valence-corrected chi connectivity index (χ4v) is 2.41. The second-order valence-corrected chi connectivity index (χ2v) is 5.23. The minimum atomic E-state index is 0.488. The largest absolute Gasteiger partial charge is 0.377 e. The summed E-state index contributed by atoms with van der Waals surface area (Å²) >= 11 is 5.64. The van der Waals surface area contributed by atoms with E-state index in [0.717, 1.165) is 25.5 Å². The third-order valence-electron chi connectivity index (χ3n) is 3.21. The lowest BCUT2D eigenvalue weighted by molar-refractivity contribution is -0.00160. The minimum Gasteiger partial charge on any atom is -0.377 e. The molecule has 16 heavy (non-hydrogen) atoms. The summed E-state index contributed by atoms with van der Waals surface area (Å²) in [7, 11) is 2.21. The van der Waals surface area contributed by atoms with Crippen LogP contribution in [0.2, 0.25) is 0 Å². The number of hydrogen-bond donors (Lipinski definition) is 0. The highest BCUT2D eigenvalue weighted by Gasteiger charge is 2.15. The number of ether oxygens (including phenoxy) is 1. The van der Waals surface area contributed by atoms with Gasteiger partial charge in [0.15, 0.2) is 0 Å². The average Bonchev–Trinajstić information content (AvgIpc) is 2.30. The third-order valence-corrected chi connectivity index (χ3v) is 3.48. The molecule has 1 rings (SSSR count). The Morgan fingerprint density at radius 3 is 2.69 bits per heavy atom. The molecular formula is C13H26ClNO. The molecule has 1 saturated heterocycles. The van der Waals surface area contributed by atoms with Crippen molar-refractivity contribution in [3.63, 3.8) is 0 Å². The molecule has 1 heterocycles. The van der Waals surface area contributed by atoms with Crippen molar-refractivity contribution in [1.82, 2.24) is 4.90 Å². The van der Waals surface area contributed by atoms with Crippen LogP contribution in [0.15, 0.2) is 0 Å². The van der Waals surface area contributed by atoms with E-state index in [1.807, 2.05) is 0 Å². The molecule has 0 amide bonds. The van der Waals surface area contributed by atoms with Gasteiger partial charge in [-0.25, -0.2) is 0 Å². The first-order valence-electron chi connectivity index (χ1n) is 6.69. The summed E-state index contributed by atoms with van der Waals surface area (Å²) < 4.78 is 5.73. The van der Waals surface area contributed by atoms with Crippen LogP contribution in [-0.4, -0.2) is 43.6 Å². The summed E-state index contributed by atoms with van der Waals surface area (Å²) in [6.45, 7) is 3.27. The Labute approximate surface area is 105 Å². The Bertz CT molecular complexity index is 160. The molecule has 2 nitrogen and oxygen atoms in total. The Balaban J connectivity index is 1.95. The molecule has 0 spiro atoms. The number of hydrogen-bond acceptors (Lipinski definition) is 2. The van der Waals surface area contributed by atoms with Crippen molar-refractivity contribution in [3.05, 3.63) is 0 Å². The smallest absolute Gasteiger partial charge is 0.0701 e. The molecule has 1 aliphatic heterocycles. The lowest BCUT2D eigenvalue weighted by atomic mass is 10.1. The number of nitrogens with zero attached hydrogens (tertiary/aromatic N) is 1. The second kappa shape index (κ2) is 9.26. The van der Waals surface area contributed by atoms with Gasteiger partial charge < -0.3 is 9.64 Å². The molecule has 0 saturated carbocycles. The number of alkyl halides is 1. The molecule has 0 aromatic heterocycles. The van der Waals surface area contributed by atoms with Gasteiger partial charge in [0.1, 0.15) is 0 Å². The van der Waals surface area contributed by atoms with Gasteiger partial charge in [-0.05, 0) is 45.7 Å². The van der Waals surface area contributed by atoms with Gasteiger partial charge in [-0.2, -0.15) is 0 Å². The normalized spacial score (nSPS) is 21.6. The molecule has 0 aromatic carbocycles. The molecule has 1 fully saturated rings. The predicted molar refractivity (Wildman–Crippen MR) is 70.3 cm³/mol. The summed E-state index contributed by atoms with van der Waals surface area (Å²) in [5.74, 6) is 0.811. The van der Waals surface area contributed by atoms with E-state index >= 15 is 0 Å². The van der Waals surface area contributed by atoms with Gasteiger partial charge in [0.2, 0.25) is 0 Å². The van der Waals surface area contributed by atoms with E-state index in [1.54, 1.807) is 0 Å². The maximum atomic E-state index is 5.73. The lowest BCUT2D eigenvalue weighted by Crippen LogP contribution is -2.33. The van der Waals surface area contributed by atoms with E-state index in [-0.39, 0.29) is 0 Å². The van der Waals surface area contributed by atoms with Gasteiger partial charge in [-0.15, -0.1) is 11.6 Å². The Hall–Kier alpha value is 0.210. The molecule has 0 bridgehead atoms. The van der Waals surface area contributed by atoms with Gasteiger partial charge in [0, 0.05) is 19.0 Å². The highest BCUT2D eigenvalue weighted by molar-refractivity contribution is 6.17. The number of likely N-dealkylation sites (N-methyl/N-ethyl adjacent to an activating group) is 1. The lowest BCUT2D eigenvalue weighted by Gasteiger charge is -2.27. The van der Waals surface area contributed by atoms with Crippen LogP contribution in [0.4, 0.5) is 0 Å². The van der Waals surface area contributed by atoms with Crippen LogP contribution in [0.25, 0.3) is 0 Å². The first kappa shape index (κ1) is 14.3. The van der Waals surface area contributed by atoms with Crippen LogP contribution < -0.4 is 0 Å². The molecule has 96 valence electrons. The first-order valence-corrected chi connectivity index (χ1v) is 7.22. The molecule has 0 aromatic rings. The number of halogens is 1. The summed E-state index contributed by atoms with van der Waals surface area (Å²) in [5.41, 5.74) is 0. The third kappa shape index (κ3) is 6.72. The van der Waals surface area contributed by atoms with Crippen molar-refractivity contribution in [2.45, 2.75) is 51.0 Å². The fourth-order valence-electron chi connectivity index (χ4n) is 2.22. The quantitative estimate of drug-likeness (QED) is 0.482. The molecule has 1 atom stereocenters. The summed E-state index contributed by atoms with van der Waals surface area (Å²) in [6, 6.07) is 0. The van der Waals surface area contributed by atoms with Crippen molar-refractivity contribution in [2.75, 3.05) is 32.6 Å². The summed E-state index contributed by atoms with van der Waals surface area (Å²) in [4.78, 5) is 2.41. The molecule has 0 N–H and O–H groups in total. The Morgan fingerprint density at radius 1 is 1.19 bits per heavy atom. The zero-order valence-corrected chi connectivity index (χ0v) is 11.3. The van der Waals surface area contributed by atoms with E-state index < -0.39 is 0 Å². The van der Waals surface area contributed by atoms with Crippen LogP contribution in [0.3, 0.4) is 0 Å². The highest BCUT2D eigenvalue weighted by atomic mass is 35.5. The van der Waals surface area contributed by atoms with Gasteiger partial charge in [0.25, 0.3) is 0 Å². The predicted octanol–water partition coefficient (Wildman–Crippen LogP) is 3.29. The fraction of sp³-hybridized carbons (Fsp3) is 1.00. The Morgan fingerprint density at radius 2 is 2.00 bits per heavy atom. The zero-order valence-electron chi connectivity index (χ0n) is 10.6. The molecule has 0 radical (unpaired) electrons.